The zero-order valence-corrected chi connectivity index (χ0v) is 14.6. The lowest BCUT2D eigenvalue weighted by molar-refractivity contribution is 0.0914. The highest BCUT2D eigenvalue weighted by Gasteiger charge is 2.16. The number of hydrogen-bond donors (Lipinski definition) is 1. The van der Waals surface area contributed by atoms with Gasteiger partial charge in [0.25, 0.3) is 5.91 Å². The highest BCUT2D eigenvalue weighted by Crippen LogP contribution is 2.24. The summed E-state index contributed by atoms with van der Waals surface area (Å²) >= 11 is 0. The van der Waals surface area contributed by atoms with Gasteiger partial charge in [-0.15, -0.1) is 0 Å². The minimum absolute atomic E-state index is 0.223. The molecule has 0 aliphatic carbocycles. The van der Waals surface area contributed by atoms with Crippen LogP contribution in [0.1, 0.15) is 29.1 Å². The third-order valence-electron chi connectivity index (χ3n) is 4.44. The number of amides is 1. The lowest BCUT2D eigenvalue weighted by Gasteiger charge is -2.14. The standard InChI is InChI=1S/C22H17FN2O2/c1-14(25-22(26)20-12-17-5-2-3-8-19(17)27-20)15-6-4-7-16(11-15)18-9-10-21(23)24-13-18/h2-14H,1H3,(H,25,26)/t14-/m0/s1. The summed E-state index contributed by atoms with van der Waals surface area (Å²) in [6.45, 7) is 1.91. The summed E-state index contributed by atoms with van der Waals surface area (Å²) in [5.41, 5.74) is 3.33. The van der Waals surface area contributed by atoms with Crippen LogP contribution in [-0.4, -0.2) is 10.9 Å². The van der Waals surface area contributed by atoms with Gasteiger partial charge in [-0.3, -0.25) is 4.79 Å². The molecule has 1 N–H and O–H groups in total. The maximum absolute atomic E-state index is 13.0. The van der Waals surface area contributed by atoms with Gasteiger partial charge in [-0.25, -0.2) is 4.98 Å². The zero-order chi connectivity index (χ0) is 18.8. The predicted molar refractivity (Wildman–Crippen MR) is 102 cm³/mol. The van der Waals surface area contributed by atoms with Gasteiger partial charge in [-0.1, -0.05) is 36.4 Å². The summed E-state index contributed by atoms with van der Waals surface area (Å²) in [5, 5.41) is 3.84. The number of fused-ring (bicyclic) bond motifs is 1. The molecule has 27 heavy (non-hydrogen) atoms. The van der Waals surface area contributed by atoms with E-state index in [-0.39, 0.29) is 17.7 Å². The van der Waals surface area contributed by atoms with Crippen LogP contribution in [-0.2, 0) is 0 Å². The molecule has 0 radical (unpaired) electrons. The molecule has 0 saturated carbocycles. The molecular weight excluding hydrogens is 343 g/mol. The molecule has 0 unspecified atom stereocenters. The van der Waals surface area contributed by atoms with Crippen LogP contribution in [0.3, 0.4) is 0 Å². The molecule has 0 saturated heterocycles. The SMILES string of the molecule is C[C@H](NC(=O)c1cc2ccccc2o1)c1cccc(-c2ccc(F)nc2)c1. The Balaban J connectivity index is 1.54. The number of carbonyl (C=O) groups excluding carboxylic acids is 1. The Morgan fingerprint density at radius 3 is 2.67 bits per heavy atom. The molecule has 4 aromatic rings. The van der Waals surface area contributed by atoms with Crippen LogP contribution in [0.25, 0.3) is 22.1 Å². The topological polar surface area (TPSA) is 55.1 Å². The number of nitrogens with zero attached hydrogens (tertiary/aromatic N) is 1. The maximum atomic E-state index is 13.0. The average molecular weight is 360 g/mol. The Morgan fingerprint density at radius 1 is 1.04 bits per heavy atom. The first-order chi connectivity index (χ1) is 13.1. The van der Waals surface area contributed by atoms with Gasteiger partial charge in [-0.05, 0) is 48.4 Å². The molecule has 2 aromatic heterocycles. The Morgan fingerprint density at radius 2 is 1.89 bits per heavy atom. The summed E-state index contributed by atoms with van der Waals surface area (Å²) in [5.74, 6) is -0.504. The fourth-order valence-electron chi connectivity index (χ4n) is 2.98. The van der Waals surface area contributed by atoms with Gasteiger partial charge < -0.3 is 9.73 Å². The summed E-state index contributed by atoms with van der Waals surface area (Å²) in [4.78, 5) is 16.2. The van der Waals surface area contributed by atoms with Crippen molar-refractivity contribution in [3.63, 3.8) is 0 Å². The number of furan rings is 1. The van der Waals surface area contributed by atoms with Crippen LogP contribution in [0.4, 0.5) is 4.39 Å². The number of carbonyl (C=O) groups is 1. The smallest absolute Gasteiger partial charge is 0.287 e. The van der Waals surface area contributed by atoms with Crippen LogP contribution in [0.2, 0.25) is 0 Å². The molecule has 4 nitrogen and oxygen atoms in total. The van der Waals surface area contributed by atoms with E-state index >= 15 is 0 Å². The Bertz CT molecular complexity index is 1070. The van der Waals surface area contributed by atoms with Crippen LogP contribution in [0, 0.1) is 5.95 Å². The lowest BCUT2D eigenvalue weighted by atomic mass is 10.0. The minimum atomic E-state index is -0.513. The molecule has 1 atom stereocenters. The van der Waals surface area contributed by atoms with Gasteiger partial charge in [0.1, 0.15) is 5.58 Å². The van der Waals surface area contributed by atoms with E-state index in [0.29, 0.717) is 5.58 Å². The van der Waals surface area contributed by atoms with Crippen molar-refractivity contribution in [3.05, 3.63) is 90.2 Å². The van der Waals surface area contributed by atoms with Crippen LogP contribution < -0.4 is 5.32 Å². The third kappa shape index (κ3) is 3.58. The summed E-state index contributed by atoms with van der Waals surface area (Å²) in [6, 6.07) is 19.7. The van der Waals surface area contributed by atoms with Crippen molar-refractivity contribution in [2.75, 3.05) is 0 Å². The fraction of sp³-hybridized carbons (Fsp3) is 0.0909. The number of aromatic nitrogens is 1. The Kier molecular flexibility index (Phi) is 4.42. The van der Waals surface area contributed by atoms with Gasteiger partial charge in [0.2, 0.25) is 5.95 Å². The molecule has 0 spiro atoms. The van der Waals surface area contributed by atoms with Gasteiger partial charge in [0.05, 0.1) is 6.04 Å². The summed E-state index contributed by atoms with van der Waals surface area (Å²) < 4.78 is 18.6. The Labute approximate surface area is 155 Å². The molecule has 2 heterocycles. The van der Waals surface area contributed by atoms with Crippen molar-refractivity contribution in [1.82, 2.24) is 10.3 Å². The quantitative estimate of drug-likeness (QED) is 0.514. The number of pyridine rings is 1. The van der Waals surface area contributed by atoms with Crippen LogP contribution >= 0.6 is 0 Å². The van der Waals surface area contributed by atoms with E-state index in [2.05, 4.69) is 10.3 Å². The molecule has 0 aliphatic heterocycles. The van der Waals surface area contributed by atoms with E-state index in [0.717, 1.165) is 22.1 Å². The summed E-state index contributed by atoms with van der Waals surface area (Å²) in [7, 11) is 0. The first-order valence-corrected chi connectivity index (χ1v) is 8.61. The number of benzene rings is 2. The van der Waals surface area contributed by atoms with Crippen molar-refractivity contribution < 1.29 is 13.6 Å². The van der Waals surface area contributed by atoms with Gasteiger partial charge in [0.15, 0.2) is 5.76 Å². The lowest BCUT2D eigenvalue weighted by Crippen LogP contribution is -2.26. The van der Waals surface area contributed by atoms with Crippen LogP contribution in [0.15, 0.2) is 77.3 Å². The molecular formula is C22H17FN2O2. The first kappa shape index (κ1) is 17.0. The fourth-order valence-corrected chi connectivity index (χ4v) is 2.98. The molecule has 0 fully saturated rings. The zero-order valence-electron chi connectivity index (χ0n) is 14.6. The second-order valence-corrected chi connectivity index (χ2v) is 6.34. The van der Waals surface area contributed by atoms with E-state index < -0.39 is 5.95 Å². The molecule has 0 bridgehead atoms. The molecule has 5 heteroatoms. The largest absolute Gasteiger partial charge is 0.451 e. The van der Waals surface area contributed by atoms with Crippen molar-refractivity contribution in [2.24, 2.45) is 0 Å². The van der Waals surface area contributed by atoms with Crippen molar-refractivity contribution >= 4 is 16.9 Å². The number of hydrogen-bond acceptors (Lipinski definition) is 3. The first-order valence-electron chi connectivity index (χ1n) is 8.61. The normalized spacial score (nSPS) is 12.1. The maximum Gasteiger partial charge on any atom is 0.287 e. The average Bonchev–Trinajstić information content (AvgIpc) is 3.13. The van der Waals surface area contributed by atoms with E-state index in [1.165, 1.54) is 12.3 Å². The van der Waals surface area contributed by atoms with Crippen molar-refractivity contribution in [3.8, 4) is 11.1 Å². The number of para-hydroxylation sites is 1. The van der Waals surface area contributed by atoms with E-state index in [4.69, 9.17) is 4.42 Å². The predicted octanol–water partition coefficient (Wildman–Crippen LogP) is 5.12. The van der Waals surface area contributed by atoms with Gasteiger partial charge in [0, 0.05) is 17.1 Å². The molecule has 134 valence electrons. The van der Waals surface area contributed by atoms with Crippen LogP contribution in [0.5, 0.6) is 0 Å². The summed E-state index contributed by atoms with van der Waals surface area (Å²) in [6.07, 6.45) is 1.49. The second kappa shape index (κ2) is 7.03. The highest BCUT2D eigenvalue weighted by molar-refractivity contribution is 5.96. The van der Waals surface area contributed by atoms with E-state index in [9.17, 15) is 9.18 Å². The number of halogens is 1. The second-order valence-electron chi connectivity index (χ2n) is 6.34. The molecule has 4 rings (SSSR count). The highest BCUT2D eigenvalue weighted by atomic mass is 19.1. The van der Waals surface area contributed by atoms with E-state index in [1.807, 2.05) is 55.5 Å². The third-order valence-corrected chi connectivity index (χ3v) is 4.44. The minimum Gasteiger partial charge on any atom is -0.451 e. The molecule has 1 amide bonds. The Hall–Kier alpha value is -3.47. The molecule has 0 aliphatic rings. The van der Waals surface area contributed by atoms with E-state index in [1.54, 1.807) is 12.1 Å². The number of nitrogens with one attached hydrogen (secondary N) is 1. The van der Waals surface area contributed by atoms with Gasteiger partial charge in [-0.2, -0.15) is 4.39 Å². The monoisotopic (exact) mass is 360 g/mol. The van der Waals surface area contributed by atoms with Crippen molar-refractivity contribution in [2.45, 2.75) is 13.0 Å². The molecule has 2 aromatic carbocycles. The van der Waals surface area contributed by atoms with Crippen molar-refractivity contribution in [1.29, 1.82) is 0 Å². The number of rotatable bonds is 4. The van der Waals surface area contributed by atoms with Gasteiger partial charge >= 0.3 is 0 Å².